The molecule has 0 aliphatic rings. The maximum atomic E-state index is 13.6. The molecule has 0 aliphatic heterocycles. The number of hydrogen-bond donors (Lipinski definition) is 2. The van der Waals surface area contributed by atoms with Crippen molar-refractivity contribution in [1.82, 2.24) is 5.32 Å². The van der Waals surface area contributed by atoms with E-state index < -0.39 is 0 Å². The van der Waals surface area contributed by atoms with Crippen LogP contribution in [-0.4, -0.2) is 17.8 Å². The van der Waals surface area contributed by atoms with Gasteiger partial charge in [0.2, 0.25) is 0 Å². The third-order valence-electron chi connectivity index (χ3n) is 3.62. The first-order valence-electron chi connectivity index (χ1n) is 7.34. The fourth-order valence-corrected chi connectivity index (χ4v) is 2.18. The summed E-state index contributed by atoms with van der Waals surface area (Å²) in [7, 11) is 0. The lowest BCUT2D eigenvalue weighted by molar-refractivity contribution is 0.159. The van der Waals surface area contributed by atoms with Gasteiger partial charge in [-0.2, -0.15) is 0 Å². The molecule has 1 aromatic carbocycles. The van der Waals surface area contributed by atoms with E-state index in [-0.39, 0.29) is 11.9 Å². The number of benzene rings is 1. The third-order valence-corrected chi connectivity index (χ3v) is 3.62. The molecule has 0 bridgehead atoms. The molecule has 0 fully saturated rings. The lowest BCUT2D eigenvalue weighted by atomic mass is 10.1. The standard InChI is InChI=1S/C17H22FNO2/c1-3-13(20)9-10-19-11-14-7-8-17(21-14)15-5-4-6-16(18)12(15)2/h4-8,13,19-20H,3,9-11H2,1-2H3. The van der Waals surface area contributed by atoms with E-state index in [1.165, 1.54) is 6.07 Å². The van der Waals surface area contributed by atoms with Crippen LogP contribution >= 0.6 is 0 Å². The van der Waals surface area contributed by atoms with Gasteiger partial charge in [-0.3, -0.25) is 0 Å². The van der Waals surface area contributed by atoms with E-state index in [2.05, 4.69) is 5.32 Å². The fourth-order valence-electron chi connectivity index (χ4n) is 2.18. The second-order valence-corrected chi connectivity index (χ2v) is 5.21. The summed E-state index contributed by atoms with van der Waals surface area (Å²) in [5.74, 6) is 1.26. The third kappa shape index (κ3) is 4.16. The molecule has 2 N–H and O–H groups in total. The molecule has 1 atom stereocenters. The van der Waals surface area contributed by atoms with Crippen LogP contribution in [0.2, 0.25) is 0 Å². The SMILES string of the molecule is CCC(O)CCNCc1ccc(-c2cccc(F)c2C)o1. The highest BCUT2D eigenvalue weighted by molar-refractivity contribution is 5.62. The summed E-state index contributed by atoms with van der Waals surface area (Å²) in [5.41, 5.74) is 1.38. The minimum absolute atomic E-state index is 0.225. The number of rotatable bonds is 7. The van der Waals surface area contributed by atoms with Crippen LogP contribution < -0.4 is 5.32 Å². The molecule has 0 saturated heterocycles. The summed E-state index contributed by atoms with van der Waals surface area (Å²) >= 11 is 0. The van der Waals surface area contributed by atoms with Gasteiger partial charge in [-0.05, 0) is 50.1 Å². The molecule has 0 radical (unpaired) electrons. The van der Waals surface area contributed by atoms with Crippen molar-refractivity contribution in [2.24, 2.45) is 0 Å². The smallest absolute Gasteiger partial charge is 0.134 e. The first-order chi connectivity index (χ1) is 10.1. The molecule has 0 amide bonds. The molecule has 2 rings (SSSR count). The molecule has 0 aliphatic carbocycles. The second kappa shape index (κ2) is 7.38. The largest absolute Gasteiger partial charge is 0.460 e. The van der Waals surface area contributed by atoms with Gasteiger partial charge in [0, 0.05) is 5.56 Å². The van der Waals surface area contributed by atoms with Gasteiger partial charge in [0.25, 0.3) is 0 Å². The summed E-state index contributed by atoms with van der Waals surface area (Å²) in [6.45, 7) is 5.05. The number of furan rings is 1. The van der Waals surface area contributed by atoms with Crippen molar-refractivity contribution >= 4 is 0 Å². The van der Waals surface area contributed by atoms with Gasteiger partial charge < -0.3 is 14.8 Å². The number of nitrogens with one attached hydrogen (secondary N) is 1. The Balaban J connectivity index is 1.94. The summed E-state index contributed by atoms with van der Waals surface area (Å²) in [5, 5.41) is 12.7. The summed E-state index contributed by atoms with van der Waals surface area (Å²) < 4.78 is 19.3. The zero-order chi connectivity index (χ0) is 15.2. The van der Waals surface area contributed by atoms with E-state index in [0.717, 1.165) is 30.7 Å². The van der Waals surface area contributed by atoms with E-state index in [0.29, 0.717) is 17.9 Å². The highest BCUT2D eigenvalue weighted by Crippen LogP contribution is 2.26. The molecule has 1 heterocycles. The monoisotopic (exact) mass is 291 g/mol. The van der Waals surface area contributed by atoms with Crippen LogP contribution in [0.3, 0.4) is 0 Å². The fraction of sp³-hybridized carbons (Fsp3) is 0.412. The van der Waals surface area contributed by atoms with Crippen LogP contribution in [0.1, 0.15) is 31.1 Å². The van der Waals surface area contributed by atoms with Gasteiger partial charge in [0.05, 0.1) is 12.6 Å². The maximum Gasteiger partial charge on any atom is 0.134 e. The summed E-state index contributed by atoms with van der Waals surface area (Å²) in [4.78, 5) is 0. The molecule has 2 aromatic rings. The van der Waals surface area contributed by atoms with Gasteiger partial charge in [-0.1, -0.05) is 19.1 Å². The first kappa shape index (κ1) is 15.7. The van der Waals surface area contributed by atoms with Crippen LogP contribution in [-0.2, 0) is 6.54 Å². The van der Waals surface area contributed by atoms with Crippen LogP contribution in [0.5, 0.6) is 0 Å². The zero-order valence-corrected chi connectivity index (χ0v) is 12.5. The molecule has 0 spiro atoms. The predicted octanol–water partition coefficient (Wildman–Crippen LogP) is 3.64. The number of aliphatic hydroxyl groups is 1. The molecular formula is C17H22FNO2. The molecule has 1 aromatic heterocycles. The first-order valence-corrected chi connectivity index (χ1v) is 7.34. The Morgan fingerprint density at radius 2 is 2.10 bits per heavy atom. The van der Waals surface area contributed by atoms with Gasteiger partial charge in [0.15, 0.2) is 0 Å². The number of halogens is 1. The predicted molar refractivity (Wildman–Crippen MR) is 81.5 cm³/mol. The zero-order valence-electron chi connectivity index (χ0n) is 12.5. The lowest BCUT2D eigenvalue weighted by Crippen LogP contribution is -2.19. The van der Waals surface area contributed by atoms with Crippen LogP contribution in [0.15, 0.2) is 34.7 Å². The van der Waals surface area contributed by atoms with E-state index >= 15 is 0 Å². The molecule has 4 heteroatoms. The van der Waals surface area contributed by atoms with Crippen LogP contribution in [0.25, 0.3) is 11.3 Å². The van der Waals surface area contributed by atoms with Gasteiger partial charge in [0.1, 0.15) is 17.3 Å². The van der Waals surface area contributed by atoms with Crippen molar-refractivity contribution in [1.29, 1.82) is 0 Å². The maximum absolute atomic E-state index is 13.6. The number of aliphatic hydroxyl groups excluding tert-OH is 1. The molecule has 114 valence electrons. The Labute approximate surface area is 124 Å². The topological polar surface area (TPSA) is 45.4 Å². The molecule has 3 nitrogen and oxygen atoms in total. The average Bonchev–Trinajstić information content (AvgIpc) is 2.95. The van der Waals surface area contributed by atoms with Gasteiger partial charge in [-0.25, -0.2) is 4.39 Å². The molecular weight excluding hydrogens is 269 g/mol. The molecule has 1 unspecified atom stereocenters. The Morgan fingerprint density at radius 1 is 1.29 bits per heavy atom. The van der Waals surface area contributed by atoms with Crippen LogP contribution in [0, 0.1) is 12.7 Å². The normalized spacial score (nSPS) is 12.6. The van der Waals surface area contributed by atoms with E-state index in [1.807, 2.05) is 25.1 Å². The second-order valence-electron chi connectivity index (χ2n) is 5.21. The van der Waals surface area contributed by atoms with Gasteiger partial charge in [-0.15, -0.1) is 0 Å². The average molecular weight is 291 g/mol. The van der Waals surface area contributed by atoms with Crippen molar-refractivity contribution in [2.75, 3.05) is 6.54 Å². The van der Waals surface area contributed by atoms with Crippen molar-refractivity contribution in [3.63, 3.8) is 0 Å². The van der Waals surface area contributed by atoms with E-state index in [1.54, 1.807) is 13.0 Å². The number of hydrogen-bond acceptors (Lipinski definition) is 3. The Kier molecular flexibility index (Phi) is 5.53. The van der Waals surface area contributed by atoms with Crippen molar-refractivity contribution in [3.8, 4) is 11.3 Å². The van der Waals surface area contributed by atoms with Crippen molar-refractivity contribution < 1.29 is 13.9 Å². The quantitative estimate of drug-likeness (QED) is 0.765. The van der Waals surface area contributed by atoms with E-state index in [4.69, 9.17) is 4.42 Å². The lowest BCUT2D eigenvalue weighted by Gasteiger charge is -2.07. The summed E-state index contributed by atoms with van der Waals surface area (Å²) in [6, 6.07) is 8.74. The van der Waals surface area contributed by atoms with Crippen molar-refractivity contribution in [3.05, 3.63) is 47.5 Å². The Bertz CT molecular complexity index is 580. The summed E-state index contributed by atoms with van der Waals surface area (Å²) in [6.07, 6.45) is 1.25. The highest BCUT2D eigenvalue weighted by Gasteiger charge is 2.10. The molecule has 0 saturated carbocycles. The van der Waals surface area contributed by atoms with Crippen LogP contribution in [0.4, 0.5) is 4.39 Å². The van der Waals surface area contributed by atoms with Gasteiger partial charge >= 0.3 is 0 Å². The Hall–Kier alpha value is -1.65. The highest BCUT2D eigenvalue weighted by atomic mass is 19.1. The Morgan fingerprint density at radius 3 is 2.86 bits per heavy atom. The van der Waals surface area contributed by atoms with E-state index in [9.17, 15) is 9.50 Å². The minimum atomic E-state index is -0.250. The minimum Gasteiger partial charge on any atom is -0.460 e. The van der Waals surface area contributed by atoms with Crippen molar-refractivity contribution in [2.45, 2.75) is 39.3 Å². The molecule has 21 heavy (non-hydrogen) atoms.